The second-order valence-corrected chi connectivity index (χ2v) is 4.64. The van der Waals surface area contributed by atoms with Crippen LogP contribution < -0.4 is 0 Å². The lowest BCUT2D eigenvalue weighted by Gasteiger charge is -2.00. The Morgan fingerprint density at radius 2 is 2.18 bits per heavy atom. The molecular weight excluding hydrogens is 234 g/mol. The highest BCUT2D eigenvalue weighted by molar-refractivity contribution is 7.10. The Balaban J connectivity index is 2.24. The van der Waals surface area contributed by atoms with Gasteiger partial charge in [0.05, 0.1) is 19.2 Å². The van der Waals surface area contributed by atoms with Crippen LogP contribution in [0.2, 0.25) is 0 Å². The number of ether oxygens (including phenoxy) is 1. The predicted octanol–water partition coefficient (Wildman–Crippen LogP) is 2.83. The lowest BCUT2D eigenvalue weighted by atomic mass is 10.1. The van der Waals surface area contributed by atoms with Crippen LogP contribution in [0.4, 0.5) is 0 Å². The summed E-state index contributed by atoms with van der Waals surface area (Å²) in [5, 5.41) is 2.76. The lowest BCUT2D eigenvalue weighted by Crippen LogP contribution is -2.03. The number of benzene rings is 1. The summed E-state index contributed by atoms with van der Waals surface area (Å²) in [6.07, 6.45) is 0.243. The van der Waals surface area contributed by atoms with Gasteiger partial charge in [-0.25, -0.2) is 4.98 Å². The third-order valence-electron chi connectivity index (χ3n) is 2.50. The molecule has 0 saturated heterocycles. The number of methoxy groups -OCH3 is 1. The molecule has 2 rings (SSSR count). The smallest absolute Gasteiger partial charge is 0.312 e. The first-order valence-electron chi connectivity index (χ1n) is 5.28. The molecule has 0 N–H and O–H groups in total. The van der Waals surface area contributed by atoms with E-state index >= 15 is 0 Å². The molecule has 0 amide bonds. The van der Waals surface area contributed by atoms with Crippen LogP contribution in [0.5, 0.6) is 0 Å². The molecule has 0 unspecified atom stereocenters. The number of esters is 1. The Bertz CT molecular complexity index is 534. The summed E-state index contributed by atoms with van der Waals surface area (Å²) in [5.74, 6) is -0.254. The minimum absolute atomic E-state index is 0.243. The van der Waals surface area contributed by atoms with Crippen molar-refractivity contribution in [2.75, 3.05) is 7.11 Å². The molecule has 1 heterocycles. The topological polar surface area (TPSA) is 39.2 Å². The molecule has 0 aliphatic heterocycles. The van der Waals surface area contributed by atoms with Gasteiger partial charge in [0.1, 0.15) is 5.01 Å². The normalized spacial score (nSPS) is 10.2. The first kappa shape index (κ1) is 11.8. The van der Waals surface area contributed by atoms with Crippen molar-refractivity contribution in [1.82, 2.24) is 4.98 Å². The van der Waals surface area contributed by atoms with E-state index in [2.05, 4.69) is 22.7 Å². The van der Waals surface area contributed by atoms with Gasteiger partial charge in [-0.1, -0.05) is 24.3 Å². The first-order chi connectivity index (χ1) is 8.20. The van der Waals surface area contributed by atoms with Gasteiger partial charge in [0.15, 0.2) is 0 Å². The molecule has 1 aromatic heterocycles. The van der Waals surface area contributed by atoms with Gasteiger partial charge in [-0.3, -0.25) is 4.79 Å². The number of hydrogen-bond acceptors (Lipinski definition) is 4. The van der Waals surface area contributed by atoms with Crippen molar-refractivity contribution in [2.45, 2.75) is 13.3 Å². The maximum atomic E-state index is 11.1. The van der Waals surface area contributed by atoms with E-state index in [1.165, 1.54) is 24.0 Å². The third kappa shape index (κ3) is 2.71. The summed E-state index contributed by atoms with van der Waals surface area (Å²) in [4.78, 5) is 15.6. The van der Waals surface area contributed by atoms with Gasteiger partial charge >= 0.3 is 5.97 Å². The van der Waals surface area contributed by atoms with Crippen molar-refractivity contribution in [3.63, 3.8) is 0 Å². The largest absolute Gasteiger partial charge is 0.469 e. The van der Waals surface area contributed by atoms with Gasteiger partial charge in [0, 0.05) is 10.9 Å². The number of aryl methyl sites for hydroxylation is 1. The molecule has 88 valence electrons. The average Bonchev–Trinajstić information content (AvgIpc) is 2.78. The van der Waals surface area contributed by atoms with Crippen LogP contribution in [0.25, 0.3) is 11.3 Å². The van der Waals surface area contributed by atoms with Gasteiger partial charge in [-0.05, 0) is 12.5 Å². The fraction of sp³-hybridized carbons (Fsp3) is 0.231. The van der Waals surface area contributed by atoms with Gasteiger partial charge < -0.3 is 4.74 Å². The van der Waals surface area contributed by atoms with E-state index in [9.17, 15) is 4.79 Å². The van der Waals surface area contributed by atoms with E-state index < -0.39 is 0 Å². The lowest BCUT2D eigenvalue weighted by molar-refractivity contribution is -0.139. The summed E-state index contributed by atoms with van der Waals surface area (Å²) < 4.78 is 4.62. The molecule has 0 bridgehead atoms. The molecule has 0 spiro atoms. The van der Waals surface area contributed by atoms with Crippen LogP contribution in [0.15, 0.2) is 29.6 Å². The van der Waals surface area contributed by atoms with Crippen molar-refractivity contribution in [3.8, 4) is 11.3 Å². The molecule has 1 aromatic carbocycles. The van der Waals surface area contributed by atoms with E-state index in [1.807, 2.05) is 23.6 Å². The van der Waals surface area contributed by atoms with Crippen molar-refractivity contribution in [2.24, 2.45) is 0 Å². The SMILES string of the molecule is COC(=O)Cc1nc(-c2ccccc2C)cs1. The fourth-order valence-corrected chi connectivity index (χ4v) is 2.35. The second kappa shape index (κ2) is 5.10. The number of thiazole rings is 1. The number of rotatable bonds is 3. The third-order valence-corrected chi connectivity index (χ3v) is 3.34. The van der Waals surface area contributed by atoms with Crippen LogP contribution in [0.1, 0.15) is 10.6 Å². The molecule has 4 heteroatoms. The second-order valence-electron chi connectivity index (χ2n) is 3.69. The molecular formula is C13H13NO2S. The van der Waals surface area contributed by atoms with Crippen LogP contribution in [-0.2, 0) is 16.0 Å². The molecule has 0 radical (unpaired) electrons. The number of aromatic nitrogens is 1. The Morgan fingerprint density at radius 1 is 1.41 bits per heavy atom. The minimum Gasteiger partial charge on any atom is -0.469 e. The van der Waals surface area contributed by atoms with Crippen molar-refractivity contribution in [1.29, 1.82) is 0 Å². The highest BCUT2D eigenvalue weighted by Crippen LogP contribution is 2.25. The van der Waals surface area contributed by atoms with Crippen LogP contribution in [-0.4, -0.2) is 18.1 Å². The van der Waals surface area contributed by atoms with Crippen molar-refractivity contribution < 1.29 is 9.53 Å². The predicted molar refractivity (Wildman–Crippen MR) is 68.0 cm³/mol. The van der Waals surface area contributed by atoms with Gasteiger partial charge in [-0.15, -0.1) is 11.3 Å². The zero-order valence-corrected chi connectivity index (χ0v) is 10.6. The molecule has 0 saturated carbocycles. The summed E-state index contributed by atoms with van der Waals surface area (Å²) in [6.45, 7) is 2.05. The fourth-order valence-electron chi connectivity index (χ4n) is 1.57. The maximum absolute atomic E-state index is 11.1. The summed E-state index contributed by atoms with van der Waals surface area (Å²) >= 11 is 1.48. The zero-order valence-electron chi connectivity index (χ0n) is 9.77. The molecule has 2 aromatic rings. The molecule has 0 aliphatic rings. The first-order valence-corrected chi connectivity index (χ1v) is 6.16. The molecule has 0 atom stereocenters. The maximum Gasteiger partial charge on any atom is 0.312 e. The Labute approximate surface area is 104 Å². The van der Waals surface area contributed by atoms with E-state index in [0.29, 0.717) is 0 Å². The zero-order chi connectivity index (χ0) is 12.3. The van der Waals surface area contributed by atoms with E-state index in [-0.39, 0.29) is 12.4 Å². The van der Waals surface area contributed by atoms with Crippen molar-refractivity contribution in [3.05, 3.63) is 40.2 Å². The van der Waals surface area contributed by atoms with E-state index in [1.54, 1.807) is 0 Å². The minimum atomic E-state index is -0.254. The molecule has 17 heavy (non-hydrogen) atoms. The van der Waals surface area contributed by atoms with Gasteiger partial charge in [-0.2, -0.15) is 0 Å². The Hall–Kier alpha value is -1.68. The van der Waals surface area contributed by atoms with E-state index in [4.69, 9.17) is 0 Å². The quantitative estimate of drug-likeness (QED) is 0.783. The summed E-state index contributed by atoms with van der Waals surface area (Å²) in [7, 11) is 1.39. The van der Waals surface area contributed by atoms with E-state index in [0.717, 1.165) is 16.3 Å². The highest BCUT2D eigenvalue weighted by atomic mass is 32.1. The monoisotopic (exact) mass is 247 g/mol. The summed E-state index contributed by atoms with van der Waals surface area (Å²) in [5.41, 5.74) is 3.22. The number of nitrogens with zero attached hydrogens (tertiary/aromatic N) is 1. The number of hydrogen-bond donors (Lipinski definition) is 0. The molecule has 3 nitrogen and oxygen atoms in total. The van der Waals surface area contributed by atoms with Crippen LogP contribution >= 0.6 is 11.3 Å². The van der Waals surface area contributed by atoms with Crippen LogP contribution in [0, 0.1) is 6.92 Å². The Kier molecular flexibility index (Phi) is 3.54. The molecule has 0 aliphatic carbocycles. The van der Waals surface area contributed by atoms with Gasteiger partial charge in [0.2, 0.25) is 0 Å². The summed E-state index contributed by atoms with van der Waals surface area (Å²) in [6, 6.07) is 8.07. The molecule has 0 fully saturated rings. The van der Waals surface area contributed by atoms with Crippen LogP contribution in [0.3, 0.4) is 0 Å². The highest BCUT2D eigenvalue weighted by Gasteiger charge is 2.09. The van der Waals surface area contributed by atoms with Crippen molar-refractivity contribution >= 4 is 17.3 Å². The van der Waals surface area contributed by atoms with Gasteiger partial charge in [0.25, 0.3) is 0 Å². The standard InChI is InChI=1S/C13H13NO2S/c1-9-5-3-4-6-10(9)11-8-17-12(14-11)7-13(15)16-2/h3-6,8H,7H2,1-2H3. The number of carbonyl (C=O) groups is 1. The average molecular weight is 247 g/mol. The number of carbonyl (C=O) groups excluding carboxylic acids is 1. The Morgan fingerprint density at radius 3 is 2.88 bits per heavy atom.